The number of fused-ring (bicyclic) bond motifs is 3. The number of aryl methyl sites for hydroxylation is 1. The minimum atomic E-state index is -0.879. The number of aromatic carboxylic acids is 1. The number of carboxylic acids is 1. The number of hydrogen-bond acceptors (Lipinski definition) is 2. The number of carboxylic acid groups (broad SMARTS) is 1. The van der Waals surface area contributed by atoms with Crippen molar-refractivity contribution >= 4 is 12.0 Å². The molecule has 0 amide bonds. The Hall–Kier alpha value is -3.17. The van der Waals surface area contributed by atoms with E-state index in [-0.39, 0.29) is 5.41 Å². The van der Waals surface area contributed by atoms with Gasteiger partial charge in [0.05, 0.1) is 11.7 Å². The summed E-state index contributed by atoms with van der Waals surface area (Å²) in [6.45, 7) is 0. The second-order valence-electron chi connectivity index (χ2n) is 9.29. The van der Waals surface area contributed by atoms with Gasteiger partial charge in [-0.05, 0) is 78.0 Å². The Morgan fingerprint density at radius 2 is 1.72 bits per heavy atom. The zero-order valence-electron chi connectivity index (χ0n) is 18.1. The zero-order valence-corrected chi connectivity index (χ0v) is 18.1. The van der Waals surface area contributed by atoms with Crippen LogP contribution in [-0.4, -0.2) is 22.3 Å². The van der Waals surface area contributed by atoms with E-state index in [1.54, 1.807) is 6.07 Å². The molecule has 32 heavy (non-hydrogen) atoms. The summed E-state index contributed by atoms with van der Waals surface area (Å²) in [5.41, 5.74) is 6.06. The van der Waals surface area contributed by atoms with Crippen molar-refractivity contribution in [1.29, 1.82) is 0 Å². The summed E-state index contributed by atoms with van der Waals surface area (Å²) in [4.78, 5) is 11.6. The van der Waals surface area contributed by atoms with E-state index in [9.17, 15) is 15.0 Å². The van der Waals surface area contributed by atoms with Gasteiger partial charge in [-0.2, -0.15) is 0 Å². The average Bonchev–Trinajstić information content (AvgIpc) is 2.81. The second-order valence-corrected chi connectivity index (χ2v) is 9.29. The molecule has 0 saturated heterocycles. The van der Waals surface area contributed by atoms with E-state index in [0.29, 0.717) is 11.5 Å². The van der Waals surface area contributed by atoms with Crippen LogP contribution in [0.4, 0.5) is 0 Å². The van der Waals surface area contributed by atoms with Gasteiger partial charge in [-0.15, -0.1) is 0 Å². The van der Waals surface area contributed by atoms with Crippen LogP contribution in [-0.2, 0) is 18.3 Å². The highest BCUT2D eigenvalue weighted by Crippen LogP contribution is 2.53. The Bertz CT molecular complexity index is 1150. The first-order valence-corrected chi connectivity index (χ1v) is 11.4. The van der Waals surface area contributed by atoms with Crippen LogP contribution in [0.2, 0.25) is 0 Å². The third-order valence-electron chi connectivity index (χ3n) is 7.40. The number of aliphatic hydroxyl groups excluding tert-OH is 1. The molecule has 3 atom stereocenters. The molecule has 1 fully saturated rings. The van der Waals surface area contributed by atoms with E-state index >= 15 is 0 Å². The standard InChI is InChI=1S/C29H28O3/c30-27-17-25-13-11-22-16-23(28(31)32)12-14-26(22)29(25,18-21-9-5-2-6-10-21)19-24(27)15-20-7-3-1-4-8-20/h1-10,12,14-16,25,27,30H,11,13,17-19H2,(H,31,32)/b24-15+/t25?,27-,29+/m0/s1. The maximum Gasteiger partial charge on any atom is 0.335 e. The van der Waals surface area contributed by atoms with Crippen molar-refractivity contribution in [3.05, 3.63) is 112 Å². The van der Waals surface area contributed by atoms with Gasteiger partial charge in [0.1, 0.15) is 0 Å². The molecule has 2 aliphatic rings. The normalized spacial score (nSPS) is 25.7. The van der Waals surface area contributed by atoms with Crippen LogP contribution in [0.25, 0.3) is 6.08 Å². The molecule has 0 spiro atoms. The molecule has 1 unspecified atom stereocenters. The molecule has 0 heterocycles. The lowest BCUT2D eigenvalue weighted by molar-refractivity contribution is 0.0696. The first kappa shape index (κ1) is 20.7. The third-order valence-corrected chi connectivity index (χ3v) is 7.40. The van der Waals surface area contributed by atoms with E-state index in [2.05, 4.69) is 42.5 Å². The van der Waals surface area contributed by atoms with Crippen LogP contribution in [0, 0.1) is 5.92 Å². The van der Waals surface area contributed by atoms with Gasteiger partial charge in [-0.3, -0.25) is 0 Å². The van der Waals surface area contributed by atoms with Gasteiger partial charge in [0, 0.05) is 5.41 Å². The second kappa shape index (κ2) is 8.40. The molecule has 1 saturated carbocycles. The number of hydrogen-bond donors (Lipinski definition) is 2. The van der Waals surface area contributed by atoms with Crippen LogP contribution in [0.1, 0.15) is 51.9 Å². The van der Waals surface area contributed by atoms with E-state index in [1.165, 1.54) is 11.1 Å². The summed E-state index contributed by atoms with van der Waals surface area (Å²) in [5, 5.41) is 20.6. The van der Waals surface area contributed by atoms with Crippen molar-refractivity contribution in [1.82, 2.24) is 0 Å². The lowest BCUT2D eigenvalue weighted by Crippen LogP contribution is -2.47. The summed E-state index contributed by atoms with van der Waals surface area (Å²) in [6, 6.07) is 26.4. The number of carbonyl (C=O) groups is 1. The number of rotatable bonds is 4. The van der Waals surface area contributed by atoms with Crippen molar-refractivity contribution in [2.24, 2.45) is 5.92 Å². The average molecular weight is 425 g/mol. The smallest absolute Gasteiger partial charge is 0.335 e. The molecule has 3 aromatic carbocycles. The maximum atomic E-state index is 11.6. The Labute approximate surface area is 189 Å². The molecule has 0 radical (unpaired) electrons. The van der Waals surface area contributed by atoms with Crippen LogP contribution >= 0.6 is 0 Å². The molecule has 0 aliphatic heterocycles. The predicted molar refractivity (Wildman–Crippen MR) is 127 cm³/mol. The fourth-order valence-electron chi connectivity index (χ4n) is 5.90. The van der Waals surface area contributed by atoms with Crippen molar-refractivity contribution in [2.45, 2.75) is 43.6 Å². The number of aliphatic hydroxyl groups is 1. The Kier molecular flexibility index (Phi) is 5.44. The first-order valence-electron chi connectivity index (χ1n) is 11.4. The van der Waals surface area contributed by atoms with Gasteiger partial charge in [-0.25, -0.2) is 4.79 Å². The summed E-state index contributed by atoms with van der Waals surface area (Å²) < 4.78 is 0. The molecular formula is C29H28O3. The van der Waals surface area contributed by atoms with Gasteiger partial charge < -0.3 is 10.2 Å². The molecular weight excluding hydrogens is 396 g/mol. The van der Waals surface area contributed by atoms with E-state index in [1.807, 2.05) is 36.4 Å². The molecule has 0 bridgehead atoms. The van der Waals surface area contributed by atoms with Gasteiger partial charge in [0.15, 0.2) is 0 Å². The first-order chi connectivity index (χ1) is 15.5. The monoisotopic (exact) mass is 424 g/mol. The Morgan fingerprint density at radius 3 is 2.44 bits per heavy atom. The van der Waals surface area contributed by atoms with Crippen molar-refractivity contribution in [2.75, 3.05) is 0 Å². The molecule has 3 nitrogen and oxygen atoms in total. The maximum absolute atomic E-state index is 11.6. The van der Waals surface area contributed by atoms with Gasteiger partial charge in [-0.1, -0.05) is 72.8 Å². The van der Waals surface area contributed by atoms with Gasteiger partial charge in [0.2, 0.25) is 0 Å². The van der Waals surface area contributed by atoms with Crippen LogP contribution < -0.4 is 0 Å². The van der Waals surface area contributed by atoms with Crippen molar-refractivity contribution in [3.63, 3.8) is 0 Å². The highest BCUT2D eigenvalue weighted by atomic mass is 16.4. The molecule has 0 aromatic heterocycles. The minimum absolute atomic E-state index is 0.147. The van der Waals surface area contributed by atoms with Gasteiger partial charge >= 0.3 is 5.97 Å². The molecule has 5 rings (SSSR count). The van der Waals surface area contributed by atoms with Crippen molar-refractivity contribution < 1.29 is 15.0 Å². The minimum Gasteiger partial charge on any atom is -0.478 e. The predicted octanol–water partition coefficient (Wildman–Crippen LogP) is 5.67. The zero-order chi connectivity index (χ0) is 22.1. The van der Waals surface area contributed by atoms with Crippen LogP contribution in [0.3, 0.4) is 0 Å². The van der Waals surface area contributed by atoms with Crippen LogP contribution in [0.5, 0.6) is 0 Å². The molecule has 3 heteroatoms. The fourth-order valence-corrected chi connectivity index (χ4v) is 5.90. The van der Waals surface area contributed by atoms with Crippen molar-refractivity contribution in [3.8, 4) is 0 Å². The van der Waals surface area contributed by atoms with E-state index < -0.39 is 12.1 Å². The Balaban J connectivity index is 1.64. The summed E-state index contributed by atoms with van der Waals surface area (Å²) >= 11 is 0. The summed E-state index contributed by atoms with van der Waals surface area (Å²) in [5.74, 6) is -0.524. The molecule has 2 N–H and O–H groups in total. The third kappa shape index (κ3) is 3.78. The Morgan fingerprint density at radius 1 is 1.00 bits per heavy atom. The molecule has 2 aliphatic carbocycles. The lowest BCUT2D eigenvalue weighted by Gasteiger charge is -2.51. The highest BCUT2D eigenvalue weighted by Gasteiger charge is 2.49. The van der Waals surface area contributed by atoms with E-state index in [0.717, 1.165) is 48.8 Å². The topological polar surface area (TPSA) is 57.5 Å². The SMILES string of the molecule is O=C(O)c1ccc2c(c1)CCC1C[C@H](O)/C(=C/c3ccccc3)C[C@@]21Cc1ccccc1. The molecule has 3 aromatic rings. The lowest BCUT2D eigenvalue weighted by atomic mass is 9.53. The highest BCUT2D eigenvalue weighted by molar-refractivity contribution is 5.88. The molecule has 162 valence electrons. The van der Waals surface area contributed by atoms with Gasteiger partial charge in [0.25, 0.3) is 0 Å². The fraction of sp³-hybridized carbons (Fsp3) is 0.276. The number of benzene rings is 3. The largest absolute Gasteiger partial charge is 0.478 e. The quantitative estimate of drug-likeness (QED) is 0.568. The van der Waals surface area contributed by atoms with E-state index in [4.69, 9.17) is 0 Å². The van der Waals surface area contributed by atoms with Crippen LogP contribution in [0.15, 0.2) is 84.4 Å². The summed E-state index contributed by atoms with van der Waals surface area (Å²) in [6.07, 6.45) is 5.95. The summed E-state index contributed by atoms with van der Waals surface area (Å²) in [7, 11) is 0.